The summed E-state index contributed by atoms with van der Waals surface area (Å²) in [5, 5.41) is 3.55. The van der Waals surface area contributed by atoms with Crippen molar-refractivity contribution in [2.75, 3.05) is 22.5 Å². The second-order valence-electron chi connectivity index (χ2n) is 5.98. The van der Waals surface area contributed by atoms with Crippen LogP contribution < -0.4 is 20.7 Å². The molecule has 0 spiro atoms. The Balaban J connectivity index is 1.80. The summed E-state index contributed by atoms with van der Waals surface area (Å²) in [7, 11) is 0. The number of benzene rings is 2. The minimum atomic E-state index is -0.352. The van der Waals surface area contributed by atoms with Gasteiger partial charge >= 0.3 is 0 Å². The average molecular weight is 346 g/mol. The molecule has 24 heavy (non-hydrogen) atoms. The molecule has 1 aliphatic heterocycles. The van der Waals surface area contributed by atoms with Crippen LogP contribution in [0.2, 0.25) is 5.02 Å². The van der Waals surface area contributed by atoms with Gasteiger partial charge < -0.3 is 20.7 Å². The van der Waals surface area contributed by atoms with Gasteiger partial charge in [-0.05, 0) is 50.2 Å². The smallest absolute Gasteiger partial charge is 0.246 e. The van der Waals surface area contributed by atoms with E-state index in [9.17, 15) is 4.79 Å². The number of nitrogens with zero attached hydrogens (tertiary/aromatic N) is 1. The van der Waals surface area contributed by atoms with Gasteiger partial charge in [-0.2, -0.15) is 0 Å². The maximum absolute atomic E-state index is 12.6. The van der Waals surface area contributed by atoms with Crippen molar-refractivity contribution in [3.63, 3.8) is 0 Å². The van der Waals surface area contributed by atoms with Crippen LogP contribution in [-0.4, -0.2) is 24.6 Å². The third kappa shape index (κ3) is 3.41. The molecule has 2 unspecified atom stereocenters. The van der Waals surface area contributed by atoms with Crippen LogP contribution in [0.5, 0.6) is 5.75 Å². The monoisotopic (exact) mass is 345 g/mol. The highest BCUT2D eigenvalue weighted by molar-refractivity contribution is 6.30. The van der Waals surface area contributed by atoms with Gasteiger partial charge in [0.25, 0.3) is 0 Å². The van der Waals surface area contributed by atoms with Gasteiger partial charge in [-0.3, -0.25) is 4.79 Å². The summed E-state index contributed by atoms with van der Waals surface area (Å²) in [5.74, 6) is 0.620. The number of nitrogens with one attached hydrogen (secondary N) is 1. The van der Waals surface area contributed by atoms with Gasteiger partial charge in [0, 0.05) is 22.5 Å². The average Bonchev–Trinajstić information content (AvgIpc) is 2.55. The number of amides is 1. The molecule has 1 heterocycles. The van der Waals surface area contributed by atoms with E-state index in [1.54, 1.807) is 30.3 Å². The van der Waals surface area contributed by atoms with Gasteiger partial charge in [0.05, 0.1) is 12.2 Å². The number of nitrogen functional groups attached to an aromatic ring is 1. The van der Waals surface area contributed by atoms with Crippen molar-refractivity contribution in [2.24, 2.45) is 0 Å². The van der Waals surface area contributed by atoms with Crippen molar-refractivity contribution >= 4 is 34.6 Å². The summed E-state index contributed by atoms with van der Waals surface area (Å²) in [4.78, 5) is 14.7. The zero-order valence-corrected chi connectivity index (χ0v) is 14.4. The molecule has 2 aromatic rings. The Hall–Kier alpha value is -2.40. The zero-order chi connectivity index (χ0) is 17.3. The topological polar surface area (TPSA) is 67.6 Å². The number of hydrogen-bond donors (Lipinski definition) is 2. The number of hydrogen-bond acceptors (Lipinski definition) is 4. The van der Waals surface area contributed by atoms with Crippen LogP contribution >= 0.6 is 11.6 Å². The Morgan fingerprint density at radius 3 is 2.75 bits per heavy atom. The summed E-state index contributed by atoms with van der Waals surface area (Å²) in [6, 6.07) is 12.2. The first-order chi connectivity index (χ1) is 11.4. The molecule has 5 nitrogen and oxygen atoms in total. The lowest BCUT2D eigenvalue weighted by Gasteiger charge is -2.38. The fourth-order valence-corrected chi connectivity index (χ4v) is 2.91. The summed E-state index contributed by atoms with van der Waals surface area (Å²) in [6.07, 6.45) is -0.0231. The minimum absolute atomic E-state index is 0.0231. The Bertz CT molecular complexity index is 748. The van der Waals surface area contributed by atoms with Crippen molar-refractivity contribution in [1.29, 1.82) is 0 Å². The van der Waals surface area contributed by atoms with Gasteiger partial charge in [0.15, 0.2) is 0 Å². The van der Waals surface area contributed by atoms with Crippen molar-refractivity contribution in [2.45, 2.75) is 26.0 Å². The minimum Gasteiger partial charge on any atom is -0.487 e. The Labute approximate surface area is 146 Å². The molecule has 0 radical (unpaired) electrons. The molecule has 1 aliphatic rings. The second kappa shape index (κ2) is 6.61. The van der Waals surface area contributed by atoms with Gasteiger partial charge in [-0.15, -0.1) is 0 Å². The second-order valence-corrected chi connectivity index (χ2v) is 6.42. The molecule has 126 valence electrons. The van der Waals surface area contributed by atoms with Gasteiger partial charge in [0.2, 0.25) is 5.91 Å². The van der Waals surface area contributed by atoms with Crippen molar-refractivity contribution in [3.05, 3.63) is 47.5 Å². The summed E-state index contributed by atoms with van der Waals surface area (Å²) >= 11 is 5.87. The van der Waals surface area contributed by atoms with Crippen LogP contribution in [0, 0.1) is 0 Å². The predicted molar refractivity (Wildman–Crippen MR) is 97.8 cm³/mol. The molecular weight excluding hydrogens is 326 g/mol. The normalized spacial score (nSPS) is 17.6. The summed E-state index contributed by atoms with van der Waals surface area (Å²) in [5.41, 5.74) is 8.07. The molecule has 2 aromatic carbocycles. The molecule has 0 fully saturated rings. The number of fused-ring (bicyclic) bond motifs is 1. The van der Waals surface area contributed by atoms with Crippen LogP contribution in [0.1, 0.15) is 13.8 Å². The molecule has 1 amide bonds. The standard InChI is InChI=1S/C18H20ClN3O2/c1-11-10-22(16-8-5-14(20)9-17(16)24-11)12(2)18(23)21-15-6-3-13(19)4-7-15/h3-9,11-12H,10,20H2,1-2H3,(H,21,23). The van der Waals surface area contributed by atoms with E-state index in [0.717, 1.165) is 11.4 Å². The number of anilines is 3. The Morgan fingerprint density at radius 1 is 1.33 bits per heavy atom. The molecule has 0 aliphatic carbocycles. The van der Waals surface area contributed by atoms with E-state index >= 15 is 0 Å². The highest BCUT2D eigenvalue weighted by Gasteiger charge is 2.30. The van der Waals surface area contributed by atoms with Crippen molar-refractivity contribution in [3.8, 4) is 5.75 Å². The SMILES string of the molecule is CC1CN(C(C)C(=O)Nc2ccc(Cl)cc2)c2ccc(N)cc2O1. The fourth-order valence-electron chi connectivity index (χ4n) is 2.78. The van der Waals surface area contributed by atoms with Gasteiger partial charge in [0.1, 0.15) is 17.9 Å². The number of halogens is 1. The molecule has 3 N–H and O–H groups in total. The number of carbonyl (C=O) groups is 1. The van der Waals surface area contributed by atoms with Gasteiger partial charge in [-0.1, -0.05) is 11.6 Å². The van der Waals surface area contributed by atoms with Crippen LogP contribution in [0.3, 0.4) is 0 Å². The first-order valence-electron chi connectivity index (χ1n) is 7.83. The molecule has 2 atom stereocenters. The van der Waals surface area contributed by atoms with E-state index in [-0.39, 0.29) is 18.1 Å². The van der Waals surface area contributed by atoms with E-state index in [0.29, 0.717) is 23.0 Å². The molecule has 3 rings (SSSR count). The lowest BCUT2D eigenvalue weighted by Crippen LogP contribution is -2.48. The van der Waals surface area contributed by atoms with Crippen molar-refractivity contribution in [1.82, 2.24) is 0 Å². The first-order valence-corrected chi connectivity index (χ1v) is 8.21. The zero-order valence-electron chi connectivity index (χ0n) is 13.6. The maximum Gasteiger partial charge on any atom is 0.246 e. The fraction of sp³-hybridized carbons (Fsp3) is 0.278. The maximum atomic E-state index is 12.6. The van der Waals surface area contributed by atoms with E-state index in [2.05, 4.69) is 5.32 Å². The van der Waals surface area contributed by atoms with E-state index < -0.39 is 0 Å². The number of nitrogens with two attached hydrogens (primary N) is 1. The highest BCUT2D eigenvalue weighted by atomic mass is 35.5. The van der Waals surface area contributed by atoms with E-state index in [1.807, 2.05) is 30.9 Å². The van der Waals surface area contributed by atoms with Crippen LogP contribution in [0.15, 0.2) is 42.5 Å². The quantitative estimate of drug-likeness (QED) is 0.835. The van der Waals surface area contributed by atoms with E-state index in [4.69, 9.17) is 22.1 Å². The molecule has 0 saturated carbocycles. The largest absolute Gasteiger partial charge is 0.487 e. The highest BCUT2D eigenvalue weighted by Crippen LogP contribution is 2.36. The first kappa shape index (κ1) is 16.5. The predicted octanol–water partition coefficient (Wildman–Crippen LogP) is 3.54. The third-order valence-electron chi connectivity index (χ3n) is 4.03. The van der Waals surface area contributed by atoms with Crippen LogP contribution in [0.4, 0.5) is 17.1 Å². The Kier molecular flexibility index (Phi) is 4.53. The molecule has 6 heteroatoms. The molecular formula is C18H20ClN3O2. The number of carbonyl (C=O) groups excluding carboxylic acids is 1. The Morgan fingerprint density at radius 2 is 2.04 bits per heavy atom. The lowest BCUT2D eigenvalue weighted by atomic mass is 10.1. The lowest BCUT2D eigenvalue weighted by molar-refractivity contribution is -0.117. The number of rotatable bonds is 3. The summed E-state index contributed by atoms with van der Waals surface area (Å²) in [6.45, 7) is 4.48. The van der Waals surface area contributed by atoms with Crippen molar-refractivity contribution < 1.29 is 9.53 Å². The van der Waals surface area contributed by atoms with Crippen LogP contribution in [-0.2, 0) is 4.79 Å². The summed E-state index contributed by atoms with van der Waals surface area (Å²) < 4.78 is 5.84. The van der Waals surface area contributed by atoms with Crippen LogP contribution in [0.25, 0.3) is 0 Å². The van der Waals surface area contributed by atoms with Gasteiger partial charge in [-0.25, -0.2) is 0 Å². The molecule has 0 aromatic heterocycles. The molecule has 0 saturated heterocycles. The molecule has 0 bridgehead atoms. The third-order valence-corrected chi connectivity index (χ3v) is 4.29. The number of ether oxygens (including phenoxy) is 1. The van der Waals surface area contributed by atoms with E-state index in [1.165, 1.54) is 0 Å².